The van der Waals surface area contributed by atoms with Crippen LogP contribution in [-0.4, -0.2) is 32.7 Å². The maximum absolute atomic E-state index is 12.2. The molecule has 0 saturated heterocycles. The molecule has 0 radical (unpaired) electrons. The van der Waals surface area contributed by atoms with Crippen molar-refractivity contribution in [3.05, 3.63) is 57.0 Å². The van der Waals surface area contributed by atoms with Crippen molar-refractivity contribution in [2.75, 3.05) is 11.6 Å². The minimum absolute atomic E-state index is 0.00476. The van der Waals surface area contributed by atoms with Gasteiger partial charge in [-0.25, -0.2) is 13.2 Å². The van der Waals surface area contributed by atoms with Crippen molar-refractivity contribution in [3.63, 3.8) is 0 Å². The molecule has 10 heteroatoms. The molecule has 0 saturated carbocycles. The van der Waals surface area contributed by atoms with Crippen LogP contribution < -0.4 is 5.32 Å². The maximum atomic E-state index is 12.2. The van der Waals surface area contributed by atoms with Crippen LogP contribution in [0.4, 0.5) is 5.69 Å². The molecule has 6 nitrogen and oxygen atoms in total. The largest absolute Gasteiger partial charge is 0.449 e. The number of amides is 1. The number of benzene rings is 2. The lowest BCUT2D eigenvalue weighted by Crippen LogP contribution is -2.30. The molecule has 0 bridgehead atoms. The van der Waals surface area contributed by atoms with Crippen molar-refractivity contribution < 1.29 is 22.7 Å². The highest BCUT2D eigenvalue weighted by molar-refractivity contribution is 7.90. The van der Waals surface area contributed by atoms with Gasteiger partial charge in [0.1, 0.15) is 0 Å². The Labute approximate surface area is 171 Å². The topological polar surface area (TPSA) is 89.5 Å². The normalized spacial score (nSPS) is 12.3. The molecule has 0 aliphatic carbocycles. The number of esters is 1. The average molecular weight is 451 g/mol. The van der Waals surface area contributed by atoms with E-state index in [1.807, 2.05) is 0 Å². The van der Waals surface area contributed by atoms with Crippen LogP contribution >= 0.6 is 34.8 Å². The van der Waals surface area contributed by atoms with E-state index < -0.39 is 27.8 Å². The van der Waals surface area contributed by atoms with E-state index in [9.17, 15) is 18.0 Å². The van der Waals surface area contributed by atoms with E-state index in [1.165, 1.54) is 43.3 Å². The predicted molar refractivity (Wildman–Crippen MR) is 105 cm³/mol. The number of sulfone groups is 1. The number of anilines is 1. The molecule has 0 heterocycles. The second-order valence-corrected chi connectivity index (χ2v) is 8.82. The molecular weight excluding hydrogens is 437 g/mol. The van der Waals surface area contributed by atoms with E-state index in [2.05, 4.69) is 5.32 Å². The summed E-state index contributed by atoms with van der Waals surface area (Å²) in [4.78, 5) is 24.4. The van der Waals surface area contributed by atoms with Gasteiger partial charge in [0.15, 0.2) is 15.9 Å². The number of nitrogens with one attached hydrogen (secondary N) is 1. The van der Waals surface area contributed by atoms with Crippen LogP contribution in [0.1, 0.15) is 17.3 Å². The Balaban J connectivity index is 2.10. The summed E-state index contributed by atoms with van der Waals surface area (Å²) in [5, 5.41) is 3.07. The molecule has 1 atom stereocenters. The SMILES string of the molecule is C[C@H](OC(=O)c1cccc(S(C)(=O)=O)c1)C(=O)Nc1cc(Cl)c(Cl)cc1Cl. The minimum atomic E-state index is -3.48. The fraction of sp³-hybridized carbons (Fsp3) is 0.176. The lowest BCUT2D eigenvalue weighted by atomic mass is 10.2. The molecule has 0 unspecified atom stereocenters. The summed E-state index contributed by atoms with van der Waals surface area (Å²) in [6, 6.07) is 8.07. The number of ether oxygens (including phenoxy) is 1. The van der Waals surface area contributed by atoms with E-state index >= 15 is 0 Å². The van der Waals surface area contributed by atoms with E-state index in [4.69, 9.17) is 39.5 Å². The zero-order chi connectivity index (χ0) is 20.4. The fourth-order valence-electron chi connectivity index (χ4n) is 1.99. The van der Waals surface area contributed by atoms with Crippen molar-refractivity contribution >= 4 is 62.2 Å². The van der Waals surface area contributed by atoms with Crippen molar-refractivity contribution in [1.29, 1.82) is 0 Å². The third kappa shape index (κ3) is 5.59. The molecule has 1 amide bonds. The monoisotopic (exact) mass is 449 g/mol. The first-order chi connectivity index (χ1) is 12.5. The molecule has 0 aliphatic heterocycles. The van der Waals surface area contributed by atoms with E-state index in [-0.39, 0.29) is 31.2 Å². The molecule has 27 heavy (non-hydrogen) atoms. The standard InChI is InChI=1S/C17H14Cl3NO5S/c1-9(16(22)21-15-8-13(19)12(18)7-14(15)20)26-17(23)10-4-3-5-11(6-10)27(2,24)25/h3-9H,1-2H3,(H,21,22)/t9-/m0/s1. The molecule has 0 spiro atoms. The molecular formula is C17H14Cl3NO5S. The Morgan fingerprint density at radius 1 is 1.04 bits per heavy atom. The van der Waals surface area contributed by atoms with Crippen LogP contribution in [-0.2, 0) is 19.4 Å². The number of halogens is 3. The smallest absolute Gasteiger partial charge is 0.338 e. The Kier molecular flexibility index (Phi) is 6.75. The van der Waals surface area contributed by atoms with Gasteiger partial charge in [0.2, 0.25) is 0 Å². The predicted octanol–water partition coefficient (Wildman–Crippen LogP) is 4.23. The highest BCUT2D eigenvalue weighted by Crippen LogP contribution is 2.32. The van der Waals surface area contributed by atoms with Gasteiger partial charge in [0.05, 0.1) is 31.2 Å². The van der Waals surface area contributed by atoms with Gasteiger partial charge in [-0.3, -0.25) is 4.79 Å². The zero-order valence-corrected chi connectivity index (χ0v) is 17.2. The summed E-state index contributed by atoms with van der Waals surface area (Å²) < 4.78 is 28.2. The average Bonchev–Trinajstić information content (AvgIpc) is 2.58. The van der Waals surface area contributed by atoms with Crippen LogP contribution in [0.25, 0.3) is 0 Å². The highest BCUT2D eigenvalue weighted by atomic mass is 35.5. The van der Waals surface area contributed by atoms with Crippen LogP contribution in [0.15, 0.2) is 41.3 Å². The molecule has 0 aromatic heterocycles. The van der Waals surface area contributed by atoms with Crippen molar-refractivity contribution in [2.24, 2.45) is 0 Å². The van der Waals surface area contributed by atoms with Crippen LogP contribution in [0.3, 0.4) is 0 Å². The second-order valence-electron chi connectivity index (χ2n) is 5.58. The lowest BCUT2D eigenvalue weighted by molar-refractivity contribution is -0.123. The number of rotatable bonds is 5. The molecule has 144 valence electrons. The van der Waals surface area contributed by atoms with E-state index in [0.29, 0.717) is 0 Å². The second kappa shape index (κ2) is 8.48. The first-order valence-electron chi connectivity index (χ1n) is 7.45. The number of carbonyl (C=O) groups excluding carboxylic acids is 2. The molecule has 1 N–H and O–H groups in total. The number of hydrogen-bond acceptors (Lipinski definition) is 5. The lowest BCUT2D eigenvalue weighted by Gasteiger charge is -2.15. The van der Waals surface area contributed by atoms with Gasteiger partial charge in [0, 0.05) is 6.26 Å². The Hall–Kier alpha value is -1.80. The maximum Gasteiger partial charge on any atom is 0.338 e. The van der Waals surface area contributed by atoms with Gasteiger partial charge < -0.3 is 10.1 Å². The summed E-state index contributed by atoms with van der Waals surface area (Å²) in [7, 11) is -3.48. The number of carbonyl (C=O) groups is 2. The van der Waals surface area contributed by atoms with Gasteiger partial charge in [-0.1, -0.05) is 40.9 Å². The van der Waals surface area contributed by atoms with Crippen LogP contribution in [0.5, 0.6) is 0 Å². The Morgan fingerprint density at radius 3 is 2.30 bits per heavy atom. The fourth-order valence-corrected chi connectivity index (χ4v) is 3.25. The van der Waals surface area contributed by atoms with Crippen LogP contribution in [0.2, 0.25) is 15.1 Å². The van der Waals surface area contributed by atoms with Gasteiger partial charge in [-0.2, -0.15) is 0 Å². The van der Waals surface area contributed by atoms with Gasteiger partial charge in [-0.15, -0.1) is 0 Å². The van der Waals surface area contributed by atoms with Crippen molar-refractivity contribution in [2.45, 2.75) is 17.9 Å². The summed E-state index contributed by atoms with van der Waals surface area (Å²) in [6.07, 6.45) is -0.154. The highest BCUT2D eigenvalue weighted by Gasteiger charge is 2.21. The molecule has 0 aliphatic rings. The van der Waals surface area contributed by atoms with Crippen molar-refractivity contribution in [1.82, 2.24) is 0 Å². The van der Waals surface area contributed by atoms with E-state index in [1.54, 1.807) is 0 Å². The van der Waals surface area contributed by atoms with E-state index in [0.717, 1.165) is 6.26 Å². The van der Waals surface area contributed by atoms with Gasteiger partial charge >= 0.3 is 5.97 Å². The van der Waals surface area contributed by atoms with Crippen molar-refractivity contribution in [3.8, 4) is 0 Å². The molecule has 2 rings (SSSR count). The summed E-state index contributed by atoms with van der Waals surface area (Å²) in [5.41, 5.74) is 0.211. The summed E-state index contributed by atoms with van der Waals surface area (Å²) in [5.74, 6) is -1.49. The van der Waals surface area contributed by atoms with Crippen LogP contribution in [0, 0.1) is 0 Å². The summed E-state index contributed by atoms with van der Waals surface area (Å²) in [6.45, 7) is 1.36. The molecule has 2 aromatic carbocycles. The first kappa shape index (κ1) is 21.5. The first-order valence-corrected chi connectivity index (χ1v) is 10.5. The summed E-state index contributed by atoms with van der Waals surface area (Å²) >= 11 is 17.7. The quantitative estimate of drug-likeness (QED) is 0.544. The zero-order valence-electron chi connectivity index (χ0n) is 14.1. The van der Waals surface area contributed by atoms with Gasteiger partial charge in [-0.05, 0) is 37.3 Å². The van der Waals surface area contributed by atoms with Gasteiger partial charge in [0.25, 0.3) is 5.91 Å². The third-order valence-electron chi connectivity index (χ3n) is 3.42. The minimum Gasteiger partial charge on any atom is -0.449 e. The third-order valence-corrected chi connectivity index (χ3v) is 5.56. The Morgan fingerprint density at radius 2 is 1.67 bits per heavy atom. The molecule has 0 fully saturated rings. The number of hydrogen-bond donors (Lipinski definition) is 1. The Bertz CT molecular complexity index is 1010. The molecule has 2 aromatic rings.